The maximum absolute atomic E-state index is 10.8. The first-order chi connectivity index (χ1) is 7.26. The van der Waals surface area contributed by atoms with E-state index in [0.717, 1.165) is 5.56 Å². The highest BCUT2D eigenvalue weighted by Crippen LogP contribution is 2.11. The standard InChI is InChI=1S/C11H11NO3/c1-15-11(14)6-5-9-3-2-4-10(7-9)12-8-13/h2-8H,1H3,(H,12,13)/b6-5+. The number of esters is 1. The highest BCUT2D eigenvalue weighted by molar-refractivity contribution is 5.87. The third kappa shape index (κ3) is 3.64. The zero-order valence-electron chi connectivity index (χ0n) is 8.27. The van der Waals surface area contributed by atoms with Crippen LogP contribution in [0.4, 0.5) is 5.69 Å². The van der Waals surface area contributed by atoms with E-state index in [9.17, 15) is 9.59 Å². The van der Waals surface area contributed by atoms with E-state index in [4.69, 9.17) is 0 Å². The fraction of sp³-hybridized carbons (Fsp3) is 0.0909. The molecule has 4 nitrogen and oxygen atoms in total. The number of amides is 1. The quantitative estimate of drug-likeness (QED) is 0.459. The molecule has 0 aliphatic rings. The Hall–Kier alpha value is -2.10. The topological polar surface area (TPSA) is 55.4 Å². The molecule has 78 valence electrons. The van der Waals surface area contributed by atoms with Crippen molar-refractivity contribution in [2.24, 2.45) is 0 Å². The Bertz CT molecular complexity index is 385. The lowest BCUT2D eigenvalue weighted by atomic mass is 10.2. The zero-order chi connectivity index (χ0) is 11.1. The molecule has 0 spiro atoms. The fourth-order valence-electron chi connectivity index (χ4n) is 1.03. The predicted octanol–water partition coefficient (Wildman–Crippen LogP) is 1.44. The van der Waals surface area contributed by atoms with Crippen LogP contribution < -0.4 is 5.32 Å². The second kappa shape index (κ2) is 5.59. The van der Waals surface area contributed by atoms with Crippen LogP contribution in [-0.4, -0.2) is 19.5 Å². The van der Waals surface area contributed by atoms with Crippen molar-refractivity contribution >= 4 is 24.1 Å². The number of carbonyl (C=O) groups excluding carboxylic acids is 2. The lowest BCUT2D eigenvalue weighted by Gasteiger charge is -1.99. The van der Waals surface area contributed by atoms with Gasteiger partial charge in [-0.2, -0.15) is 0 Å². The summed E-state index contributed by atoms with van der Waals surface area (Å²) >= 11 is 0. The second-order valence-electron chi connectivity index (χ2n) is 2.74. The molecule has 0 bridgehead atoms. The smallest absolute Gasteiger partial charge is 0.330 e. The lowest BCUT2D eigenvalue weighted by molar-refractivity contribution is -0.134. The summed E-state index contributed by atoms with van der Waals surface area (Å²) in [5.74, 6) is -0.413. The van der Waals surface area contributed by atoms with Gasteiger partial charge in [-0.3, -0.25) is 4.79 Å². The summed E-state index contributed by atoms with van der Waals surface area (Å²) in [6, 6.07) is 7.09. The Morgan fingerprint density at radius 2 is 2.27 bits per heavy atom. The van der Waals surface area contributed by atoms with Crippen molar-refractivity contribution in [2.45, 2.75) is 0 Å². The SMILES string of the molecule is COC(=O)/C=C/c1cccc(NC=O)c1. The van der Waals surface area contributed by atoms with Crippen LogP contribution in [0.1, 0.15) is 5.56 Å². The van der Waals surface area contributed by atoms with Crippen LogP contribution in [0, 0.1) is 0 Å². The van der Waals surface area contributed by atoms with E-state index in [1.165, 1.54) is 13.2 Å². The molecule has 0 atom stereocenters. The van der Waals surface area contributed by atoms with Crippen molar-refractivity contribution in [3.8, 4) is 0 Å². The second-order valence-corrected chi connectivity index (χ2v) is 2.74. The Labute approximate surface area is 87.6 Å². The summed E-state index contributed by atoms with van der Waals surface area (Å²) in [5, 5.41) is 2.52. The minimum Gasteiger partial charge on any atom is -0.466 e. The molecule has 0 aromatic heterocycles. The van der Waals surface area contributed by atoms with Gasteiger partial charge in [-0.05, 0) is 23.8 Å². The molecule has 0 unspecified atom stereocenters. The summed E-state index contributed by atoms with van der Waals surface area (Å²) < 4.78 is 4.45. The van der Waals surface area contributed by atoms with Gasteiger partial charge in [0, 0.05) is 11.8 Å². The molecule has 1 rings (SSSR count). The normalized spacial score (nSPS) is 9.93. The molecule has 0 saturated carbocycles. The number of nitrogens with one attached hydrogen (secondary N) is 1. The fourth-order valence-corrected chi connectivity index (χ4v) is 1.03. The molecule has 0 saturated heterocycles. The van der Waals surface area contributed by atoms with Crippen molar-refractivity contribution in [3.05, 3.63) is 35.9 Å². The van der Waals surface area contributed by atoms with E-state index in [1.54, 1.807) is 24.3 Å². The van der Waals surface area contributed by atoms with Crippen molar-refractivity contribution in [2.75, 3.05) is 12.4 Å². The minimum absolute atomic E-state index is 0.413. The Morgan fingerprint density at radius 1 is 1.47 bits per heavy atom. The summed E-state index contributed by atoms with van der Waals surface area (Å²) in [7, 11) is 1.32. The maximum Gasteiger partial charge on any atom is 0.330 e. The highest BCUT2D eigenvalue weighted by atomic mass is 16.5. The summed E-state index contributed by atoms with van der Waals surface area (Å²) in [6.07, 6.45) is 3.53. The number of carbonyl (C=O) groups is 2. The molecular formula is C11H11NO3. The van der Waals surface area contributed by atoms with E-state index < -0.39 is 5.97 Å². The van der Waals surface area contributed by atoms with Crippen molar-refractivity contribution < 1.29 is 14.3 Å². The van der Waals surface area contributed by atoms with Gasteiger partial charge in [-0.25, -0.2) is 4.79 Å². The molecule has 15 heavy (non-hydrogen) atoms. The average molecular weight is 205 g/mol. The number of hydrogen-bond donors (Lipinski definition) is 1. The number of ether oxygens (including phenoxy) is 1. The lowest BCUT2D eigenvalue weighted by Crippen LogP contribution is -1.94. The Morgan fingerprint density at radius 3 is 2.93 bits per heavy atom. The summed E-state index contributed by atoms with van der Waals surface area (Å²) in [5.41, 5.74) is 1.49. The zero-order valence-corrected chi connectivity index (χ0v) is 8.27. The van der Waals surface area contributed by atoms with Crippen molar-refractivity contribution in [1.82, 2.24) is 0 Å². The Kier molecular flexibility index (Phi) is 4.09. The number of benzene rings is 1. The van der Waals surface area contributed by atoms with E-state index in [-0.39, 0.29) is 0 Å². The molecule has 0 radical (unpaired) electrons. The van der Waals surface area contributed by atoms with Crippen LogP contribution in [0.5, 0.6) is 0 Å². The molecule has 1 aromatic carbocycles. The van der Waals surface area contributed by atoms with Gasteiger partial charge in [-0.15, -0.1) is 0 Å². The molecule has 1 N–H and O–H groups in total. The third-order valence-corrected chi connectivity index (χ3v) is 1.73. The van der Waals surface area contributed by atoms with Gasteiger partial charge < -0.3 is 10.1 Å². The molecular weight excluding hydrogens is 194 g/mol. The molecule has 0 aliphatic carbocycles. The van der Waals surface area contributed by atoms with E-state index in [2.05, 4.69) is 10.1 Å². The summed E-state index contributed by atoms with van der Waals surface area (Å²) in [6.45, 7) is 0. The maximum atomic E-state index is 10.8. The van der Waals surface area contributed by atoms with Crippen LogP contribution >= 0.6 is 0 Å². The first kappa shape index (κ1) is 11.0. The monoisotopic (exact) mass is 205 g/mol. The third-order valence-electron chi connectivity index (χ3n) is 1.73. The first-order valence-electron chi connectivity index (χ1n) is 4.32. The van der Waals surface area contributed by atoms with Gasteiger partial charge in [0.25, 0.3) is 0 Å². The molecule has 1 amide bonds. The van der Waals surface area contributed by atoms with Crippen LogP contribution in [0.15, 0.2) is 30.3 Å². The van der Waals surface area contributed by atoms with Crippen LogP contribution in [0.2, 0.25) is 0 Å². The average Bonchev–Trinajstić information content (AvgIpc) is 2.27. The highest BCUT2D eigenvalue weighted by Gasteiger charge is 1.93. The Balaban J connectivity index is 2.77. The molecule has 0 fully saturated rings. The number of anilines is 1. The van der Waals surface area contributed by atoms with E-state index >= 15 is 0 Å². The van der Waals surface area contributed by atoms with Gasteiger partial charge in [0.05, 0.1) is 7.11 Å². The number of methoxy groups -OCH3 is 1. The minimum atomic E-state index is -0.413. The van der Waals surface area contributed by atoms with Gasteiger partial charge >= 0.3 is 5.97 Å². The van der Waals surface area contributed by atoms with Gasteiger partial charge in [0.2, 0.25) is 6.41 Å². The molecule has 0 heterocycles. The first-order valence-corrected chi connectivity index (χ1v) is 4.32. The van der Waals surface area contributed by atoms with Crippen LogP contribution in [-0.2, 0) is 14.3 Å². The largest absolute Gasteiger partial charge is 0.466 e. The van der Waals surface area contributed by atoms with Crippen LogP contribution in [0.3, 0.4) is 0 Å². The van der Waals surface area contributed by atoms with Crippen molar-refractivity contribution in [1.29, 1.82) is 0 Å². The van der Waals surface area contributed by atoms with Gasteiger partial charge in [0.15, 0.2) is 0 Å². The molecule has 4 heteroatoms. The van der Waals surface area contributed by atoms with Gasteiger partial charge in [-0.1, -0.05) is 12.1 Å². The van der Waals surface area contributed by atoms with Gasteiger partial charge in [0.1, 0.15) is 0 Å². The molecule has 0 aliphatic heterocycles. The van der Waals surface area contributed by atoms with Crippen molar-refractivity contribution in [3.63, 3.8) is 0 Å². The number of rotatable bonds is 4. The van der Waals surface area contributed by atoms with E-state index in [1.807, 2.05) is 6.07 Å². The predicted molar refractivity (Wildman–Crippen MR) is 57.2 cm³/mol. The van der Waals surface area contributed by atoms with Crippen LogP contribution in [0.25, 0.3) is 6.08 Å². The molecule has 1 aromatic rings. The summed E-state index contributed by atoms with van der Waals surface area (Å²) in [4.78, 5) is 21.0. The number of hydrogen-bond acceptors (Lipinski definition) is 3. The van der Waals surface area contributed by atoms with E-state index in [0.29, 0.717) is 12.1 Å².